The molecule has 3 aromatic rings. The second kappa shape index (κ2) is 8.33. The molecule has 3 aromatic carbocycles. The third kappa shape index (κ3) is 4.39. The standard InChI is InChI=1S/C24H18ClNO3/c1-16-6-10-18(11-7-16)23-21(24(27)29-26-23)14-19-4-2-3-5-22(19)28-15-17-8-12-20(25)13-9-17/h2-14H,15H2,1H3. The van der Waals surface area contributed by atoms with Crippen molar-refractivity contribution in [2.75, 3.05) is 0 Å². The van der Waals surface area contributed by atoms with Gasteiger partial charge in [-0.2, -0.15) is 0 Å². The van der Waals surface area contributed by atoms with Gasteiger partial charge in [-0.1, -0.05) is 76.9 Å². The lowest BCUT2D eigenvalue weighted by Gasteiger charge is -2.10. The molecule has 4 rings (SSSR count). The van der Waals surface area contributed by atoms with Crippen LogP contribution < -0.4 is 4.74 Å². The van der Waals surface area contributed by atoms with Gasteiger partial charge in [-0.15, -0.1) is 0 Å². The maximum absolute atomic E-state index is 12.3. The zero-order valence-corrected chi connectivity index (χ0v) is 16.5. The van der Waals surface area contributed by atoms with Crippen LogP contribution in [0.2, 0.25) is 5.02 Å². The fraction of sp³-hybridized carbons (Fsp3) is 0.0833. The minimum Gasteiger partial charge on any atom is -0.488 e. The molecule has 0 aromatic heterocycles. The Labute approximate surface area is 174 Å². The van der Waals surface area contributed by atoms with Gasteiger partial charge in [0.1, 0.15) is 18.1 Å². The van der Waals surface area contributed by atoms with Gasteiger partial charge in [-0.25, -0.2) is 4.79 Å². The van der Waals surface area contributed by atoms with Crippen LogP contribution in [0.25, 0.3) is 6.08 Å². The van der Waals surface area contributed by atoms with Crippen LogP contribution in [0.1, 0.15) is 22.3 Å². The summed E-state index contributed by atoms with van der Waals surface area (Å²) in [5, 5.41) is 4.65. The van der Waals surface area contributed by atoms with Gasteiger partial charge in [0.25, 0.3) is 0 Å². The number of oxime groups is 1. The Morgan fingerprint density at radius 1 is 1.00 bits per heavy atom. The average molecular weight is 404 g/mol. The molecule has 0 spiro atoms. The molecule has 0 saturated carbocycles. The van der Waals surface area contributed by atoms with Gasteiger partial charge in [0.2, 0.25) is 0 Å². The lowest BCUT2D eigenvalue weighted by molar-refractivity contribution is -0.136. The van der Waals surface area contributed by atoms with Gasteiger partial charge in [0.05, 0.1) is 5.57 Å². The number of aryl methyl sites for hydroxylation is 1. The highest BCUT2D eigenvalue weighted by atomic mass is 35.5. The molecule has 1 heterocycles. The summed E-state index contributed by atoms with van der Waals surface area (Å²) in [6.45, 7) is 2.40. The van der Waals surface area contributed by atoms with Crippen LogP contribution >= 0.6 is 11.6 Å². The van der Waals surface area contributed by atoms with Crippen LogP contribution in [0.15, 0.2) is 83.5 Å². The molecule has 0 amide bonds. The van der Waals surface area contributed by atoms with E-state index in [0.29, 0.717) is 28.7 Å². The number of para-hydroxylation sites is 1. The lowest BCUT2D eigenvalue weighted by atomic mass is 9.99. The molecule has 0 bridgehead atoms. The Balaban J connectivity index is 1.61. The van der Waals surface area contributed by atoms with Crippen LogP contribution in [0.3, 0.4) is 0 Å². The fourth-order valence-corrected chi connectivity index (χ4v) is 3.08. The predicted molar refractivity (Wildman–Crippen MR) is 114 cm³/mol. The highest BCUT2D eigenvalue weighted by molar-refractivity contribution is 6.31. The second-order valence-corrected chi connectivity index (χ2v) is 7.13. The number of nitrogens with zero attached hydrogens (tertiary/aromatic N) is 1. The predicted octanol–water partition coefficient (Wildman–Crippen LogP) is 5.57. The van der Waals surface area contributed by atoms with Gasteiger partial charge in [0, 0.05) is 16.1 Å². The van der Waals surface area contributed by atoms with Gasteiger partial charge in [0.15, 0.2) is 0 Å². The Morgan fingerprint density at radius 3 is 2.48 bits per heavy atom. The number of rotatable bonds is 5. The summed E-state index contributed by atoms with van der Waals surface area (Å²) in [6, 6.07) is 22.8. The number of hydrogen-bond acceptors (Lipinski definition) is 4. The van der Waals surface area contributed by atoms with Crippen LogP contribution in [-0.2, 0) is 16.2 Å². The molecule has 0 fully saturated rings. The van der Waals surface area contributed by atoms with Crippen LogP contribution in [0.5, 0.6) is 5.75 Å². The van der Waals surface area contributed by atoms with Crippen LogP contribution in [0, 0.1) is 6.92 Å². The van der Waals surface area contributed by atoms with Crippen molar-refractivity contribution < 1.29 is 14.4 Å². The summed E-state index contributed by atoms with van der Waals surface area (Å²) < 4.78 is 5.99. The molecular weight excluding hydrogens is 386 g/mol. The average Bonchev–Trinajstić information content (AvgIpc) is 3.09. The zero-order chi connectivity index (χ0) is 20.2. The highest BCUT2D eigenvalue weighted by Gasteiger charge is 2.27. The van der Waals surface area contributed by atoms with Crippen molar-refractivity contribution >= 4 is 29.4 Å². The van der Waals surface area contributed by atoms with E-state index in [2.05, 4.69) is 5.16 Å². The first kappa shape index (κ1) is 19.0. The number of ether oxygens (including phenoxy) is 1. The summed E-state index contributed by atoms with van der Waals surface area (Å²) >= 11 is 5.93. The SMILES string of the molecule is Cc1ccc(C2=NOC(=O)C2=Cc2ccccc2OCc2ccc(Cl)cc2)cc1. The first-order chi connectivity index (χ1) is 14.1. The van der Waals surface area contributed by atoms with Gasteiger partial charge >= 0.3 is 5.97 Å². The van der Waals surface area contributed by atoms with Gasteiger partial charge < -0.3 is 9.57 Å². The topological polar surface area (TPSA) is 47.9 Å². The van der Waals surface area contributed by atoms with Crippen molar-refractivity contribution in [3.8, 4) is 5.75 Å². The van der Waals surface area contributed by atoms with Crippen molar-refractivity contribution in [1.82, 2.24) is 0 Å². The molecular formula is C24H18ClNO3. The Bertz CT molecular complexity index is 1100. The largest absolute Gasteiger partial charge is 0.488 e. The van der Waals surface area contributed by atoms with Crippen LogP contribution in [-0.4, -0.2) is 11.7 Å². The number of carbonyl (C=O) groups is 1. The summed E-state index contributed by atoms with van der Waals surface area (Å²) in [5.74, 6) is 0.186. The van der Waals surface area contributed by atoms with E-state index >= 15 is 0 Å². The van der Waals surface area contributed by atoms with E-state index < -0.39 is 5.97 Å². The molecule has 4 nitrogen and oxygen atoms in total. The van der Waals surface area contributed by atoms with Gasteiger partial charge in [-0.05, 0) is 36.8 Å². The van der Waals surface area contributed by atoms with Crippen molar-refractivity contribution in [1.29, 1.82) is 0 Å². The van der Waals surface area contributed by atoms with Crippen molar-refractivity contribution in [3.63, 3.8) is 0 Å². The fourth-order valence-electron chi connectivity index (χ4n) is 2.96. The molecule has 0 radical (unpaired) electrons. The van der Waals surface area contributed by atoms with E-state index in [1.165, 1.54) is 0 Å². The molecule has 29 heavy (non-hydrogen) atoms. The second-order valence-electron chi connectivity index (χ2n) is 6.70. The summed E-state index contributed by atoms with van der Waals surface area (Å²) in [7, 11) is 0. The van der Waals surface area contributed by atoms with Crippen molar-refractivity contribution in [2.24, 2.45) is 5.16 Å². The third-order valence-electron chi connectivity index (χ3n) is 4.55. The zero-order valence-electron chi connectivity index (χ0n) is 15.8. The van der Waals surface area contributed by atoms with Crippen molar-refractivity contribution in [3.05, 3.63) is 106 Å². The number of carbonyl (C=O) groups excluding carboxylic acids is 1. The monoisotopic (exact) mass is 403 g/mol. The first-order valence-corrected chi connectivity index (χ1v) is 9.53. The third-order valence-corrected chi connectivity index (χ3v) is 4.80. The number of halogens is 1. The molecule has 0 unspecified atom stereocenters. The maximum Gasteiger partial charge on any atom is 0.368 e. The number of benzene rings is 3. The van der Waals surface area contributed by atoms with E-state index in [1.807, 2.05) is 79.7 Å². The minimum atomic E-state index is -0.479. The summed E-state index contributed by atoms with van der Waals surface area (Å²) in [6.07, 6.45) is 1.76. The quantitative estimate of drug-likeness (QED) is 0.413. The first-order valence-electron chi connectivity index (χ1n) is 9.15. The van der Waals surface area contributed by atoms with E-state index in [1.54, 1.807) is 6.08 Å². The van der Waals surface area contributed by atoms with Gasteiger partial charge in [-0.3, -0.25) is 0 Å². The minimum absolute atomic E-state index is 0.390. The molecule has 144 valence electrons. The Kier molecular flexibility index (Phi) is 5.45. The van der Waals surface area contributed by atoms with E-state index in [-0.39, 0.29) is 0 Å². The highest BCUT2D eigenvalue weighted by Crippen LogP contribution is 2.26. The molecule has 1 aliphatic rings. The summed E-state index contributed by atoms with van der Waals surface area (Å²) in [5.41, 5.74) is 4.64. The smallest absolute Gasteiger partial charge is 0.368 e. The number of hydrogen-bond donors (Lipinski definition) is 0. The molecule has 0 atom stereocenters. The van der Waals surface area contributed by atoms with Crippen LogP contribution in [0.4, 0.5) is 0 Å². The molecule has 0 N–H and O–H groups in total. The molecule has 0 saturated heterocycles. The molecule has 0 aliphatic carbocycles. The van der Waals surface area contributed by atoms with E-state index in [9.17, 15) is 4.79 Å². The lowest BCUT2D eigenvalue weighted by Crippen LogP contribution is -2.07. The maximum atomic E-state index is 12.3. The van der Waals surface area contributed by atoms with E-state index in [4.69, 9.17) is 21.2 Å². The molecule has 1 aliphatic heterocycles. The normalized spacial score (nSPS) is 14.6. The Hall–Kier alpha value is -3.37. The van der Waals surface area contributed by atoms with Crippen molar-refractivity contribution in [2.45, 2.75) is 13.5 Å². The Morgan fingerprint density at radius 2 is 1.72 bits per heavy atom. The summed E-state index contributed by atoms with van der Waals surface area (Å²) in [4.78, 5) is 17.2. The van der Waals surface area contributed by atoms with E-state index in [0.717, 1.165) is 22.3 Å². The molecule has 5 heteroatoms.